The third-order valence-electron chi connectivity index (χ3n) is 1.52. The first-order valence-electron chi connectivity index (χ1n) is 3.38. The summed E-state index contributed by atoms with van der Waals surface area (Å²) in [5.41, 5.74) is 2.31. The number of fused-ring (bicyclic) bond motifs is 1. The predicted octanol–water partition coefficient (Wildman–Crippen LogP) is 0.930. The molecule has 0 atom stereocenters. The Morgan fingerprint density at radius 3 is 3.09 bits per heavy atom. The van der Waals surface area contributed by atoms with Crippen LogP contribution in [0.3, 0.4) is 0 Å². The van der Waals surface area contributed by atoms with Crippen molar-refractivity contribution in [1.82, 2.24) is 4.98 Å². The molecule has 0 spiro atoms. The van der Waals surface area contributed by atoms with E-state index in [1.54, 1.807) is 6.07 Å². The van der Waals surface area contributed by atoms with Crippen LogP contribution in [0.1, 0.15) is 5.89 Å². The van der Waals surface area contributed by atoms with Gasteiger partial charge in [-0.05, 0) is 12.1 Å². The molecule has 0 amide bonds. The number of oxazole rings is 1. The van der Waals surface area contributed by atoms with E-state index in [0.29, 0.717) is 11.4 Å². The number of hydrogen-bond acceptors (Lipinski definition) is 2. The Labute approximate surface area is 65.6 Å². The van der Waals surface area contributed by atoms with Crippen molar-refractivity contribution >= 4 is 24.4 Å². The maximum atomic E-state index is 5.55. The molecule has 0 fully saturated rings. The van der Waals surface area contributed by atoms with Gasteiger partial charge in [0, 0.05) is 6.92 Å². The number of benzene rings is 1. The minimum Gasteiger partial charge on any atom is -0.441 e. The molecule has 52 valence electrons. The molecular formula is C8H6BNO. The number of aromatic nitrogens is 1. The van der Waals surface area contributed by atoms with Gasteiger partial charge in [0.15, 0.2) is 11.5 Å². The van der Waals surface area contributed by atoms with Crippen LogP contribution in [0.5, 0.6) is 0 Å². The van der Waals surface area contributed by atoms with E-state index in [-0.39, 0.29) is 0 Å². The lowest BCUT2D eigenvalue weighted by Crippen LogP contribution is -1.98. The van der Waals surface area contributed by atoms with Crippen LogP contribution in [-0.2, 0) is 0 Å². The second-order valence-corrected chi connectivity index (χ2v) is 2.46. The molecule has 0 bridgehead atoms. The summed E-state index contributed by atoms with van der Waals surface area (Å²) in [6, 6.07) is 5.43. The Hall–Kier alpha value is -1.25. The first-order valence-corrected chi connectivity index (χ1v) is 3.38. The maximum Gasteiger partial charge on any atom is 0.192 e. The van der Waals surface area contributed by atoms with Crippen molar-refractivity contribution in [3.8, 4) is 0 Å². The third-order valence-corrected chi connectivity index (χ3v) is 1.52. The van der Waals surface area contributed by atoms with E-state index >= 15 is 0 Å². The molecule has 0 N–H and O–H groups in total. The summed E-state index contributed by atoms with van der Waals surface area (Å²) in [4.78, 5) is 4.13. The quantitative estimate of drug-likeness (QED) is 0.512. The lowest BCUT2D eigenvalue weighted by Gasteiger charge is -1.88. The van der Waals surface area contributed by atoms with E-state index in [9.17, 15) is 0 Å². The predicted molar refractivity (Wildman–Crippen MR) is 44.1 cm³/mol. The fourth-order valence-electron chi connectivity index (χ4n) is 1.06. The summed E-state index contributed by atoms with van der Waals surface area (Å²) in [7, 11) is 5.55. The highest BCUT2D eigenvalue weighted by Gasteiger charge is 1.99. The van der Waals surface area contributed by atoms with Crippen LogP contribution in [0.4, 0.5) is 0 Å². The molecule has 11 heavy (non-hydrogen) atoms. The van der Waals surface area contributed by atoms with Gasteiger partial charge in [0.2, 0.25) is 0 Å². The van der Waals surface area contributed by atoms with Crippen LogP contribution >= 0.6 is 0 Å². The second kappa shape index (κ2) is 2.12. The molecule has 0 saturated carbocycles. The van der Waals surface area contributed by atoms with Crippen LogP contribution < -0.4 is 5.46 Å². The summed E-state index contributed by atoms with van der Waals surface area (Å²) in [6.45, 7) is 1.82. The molecule has 2 nitrogen and oxygen atoms in total. The van der Waals surface area contributed by atoms with Crippen molar-refractivity contribution in [2.45, 2.75) is 6.92 Å². The third kappa shape index (κ3) is 1.02. The van der Waals surface area contributed by atoms with Crippen molar-refractivity contribution in [2.24, 2.45) is 0 Å². The summed E-state index contributed by atoms with van der Waals surface area (Å²) in [5, 5.41) is 0. The Balaban J connectivity index is 2.82. The normalized spacial score (nSPS) is 10.6. The van der Waals surface area contributed by atoms with E-state index in [1.165, 1.54) is 0 Å². The fraction of sp³-hybridized carbons (Fsp3) is 0.125. The smallest absolute Gasteiger partial charge is 0.192 e. The minimum atomic E-state index is 0.672. The van der Waals surface area contributed by atoms with Gasteiger partial charge in [-0.25, -0.2) is 4.98 Å². The van der Waals surface area contributed by atoms with Crippen LogP contribution in [-0.4, -0.2) is 12.8 Å². The number of rotatable bonds is 0. The summed E-state index contributed by atoms with van der Waals surface area (Å²) >= 11 is 0. The van der Waals surface area contributed by atoms with Crippen molar-refractivity contribution in [3.05, 3.63) is 24.1 Å². The molecular weight excluding hydrogens is 137 g/mol. The molecule has 0 aliphatic carbocycles. The first-order chi connectivity index (χ1) is 5.25. The second-order valence-electron chi connectivity index (χ2n) is 2.46. The van der Waals surface area contributed by atoms with Gasteiger partial charge in [0.1, 0.15) is 13.4 Å². The van der Waals surface area contributed by atoms with E-state index < -0.39 is 0 Å². The molecule has 2 rings (SSSR count). The van der Waals surface area contributed by atoms with Crippen LogP contribution in [0.2, 0.25) is 0 Å². The summed E-state index contributed by atoms with van der Waals surface area (Å²) < 4.78 is 5.26. The van der Waals surface area contributed by atoms with E-state index in [0.717, 1.165) is 11.1 Å². The van der Waals surface area contributed by atoms with Crippen molar-refractivity contribution in [1.29, 1.82) is 0 Å². The fourth-order valence-corrected chi connectivity index (χ4v) is 1.06. The molecule has 0 aliphatic rings. The molecule has 1 heterocycles. The minimum absolute atomic E-state index is 0.672. The molecule has 2 radical (unpaired) electrons. The van der Waals surface area contributed by atoms with E-state index in [2.05, 4.69) is 4.98 Å². The van der Waals surface area contributed by atoms with Crippen LogP contribution in [0, 0.1) is 6.92 Å². The SMILES string of the molecule is [B]c1ccc2nc(C)oc2c1. The average Bonchev–Trinajstić information content (AvgIpc) is 2.27. The van der Waals surface area contributed by atoms with Gasteiger partial charge in [0.25, 0.3) is 0 Å². The highest BCUT2D eigenvalue weighted by Crippen LogP contribution is 2.11. The van der Waals surface area contributed by atoms with Crippen molar-refractivity contribution in [3.63, 3.8) is 0 Å². The molecule has 3 heteroatoms. The highest BCUT2D eigenvalue weighted by molar-refractivity contribution is 6.32. The van der Waals surface area contributed by atoms with Crippen LogP contribution in [0.25, 0.3) is 11.1 Å². The van der Waals surface area contributed by atoms with Gasteiger partial charge < -0.3 is 4.42 Å². The van der Waals surface area contributed by atoms with Gasteiger partial charge >= 0.3 is 0 Å². The van der Waals surface area contributed by atoms with Gasteiger partial charge in [0.05, 0.1) is 0 Å². The van der Waals surface area contributed by atoms with Gasteiger partial charge in [-0.3, -0.25) is 0 Å². The van der Waals surface area contributed by atoms with E-state index in [4.69, 9.17) is 12.3 Å². The number of aryl methyl sites for hydroxylation is 1. The highest BCUT2D eigenvalue weighted by atomic mass is 16.3. The monoisotopic (exact) mass is 143 g/mol. The molecule has 2 aromatic rings. The zero-order valence-electron chi connectivity index (χ0n) is 6.16. The Morgan fingerprint density at radius 2 is 2.27 bits per heavy atom. The summed E-state index contributed by atoms with van der Waals surface area (Å²) in [6.07, 6.45) is 0. The topological polar surface area (TPSA) is 26.0 Å². The van der Waals surface area contributed by atoms with Crippen LogP contribution in [0.15, 0.2) is 22.6 Å². The lowest BCUT2D eigenvalue weighted by molar-refractivity contribution is 0.561. The average molecular weight is 143 g/mol. The molecule has 0 aliphatic heterocycles. The summed E-state index contributed by atoms with van der Waals surface area (Å²) in [5.74, 6) is 0.672. The van der Waals surface area contributed by atoms with E-state index in [1.807, 2.05) is 19.1 Å². The van der Waals surface area contributed by atoms with Crippen molar-refractivity contribution in [2.75, 3.05) is 0 Å². The molecule has 0 unspecified atom stereocenters. The zero-order chi connectivity index (χ0) is 7.84. The number of hydrogen-bond donors (Lipinski definition) is 0. The van der Waals surface area contributed by atoms with Crippen molar-refractivity contribution < 1.29 is 4.42 Å². The first kappa shape index (κ1) is 6.46. The van der Waals surface area contributed by atoms with Gasteiger partial charge in [-0.15, -0.1) is 0 Å². The molecule has 1 aromatic carbocycles. The van der Waals surface area contributed by atoms with Gasteiger partial charge in [-0.1, -0.05) is 11.5 Å². The lowest BCUT2D eigenvalue weighted by atomic mass is 9.96. The Morgan fingerprint density at radius 1 is 1.45 bits per heavy atom. The molecule has 0 saturated heterocycles. The van der Waals surface area contributed by atoms with Gasteiger partial charge in [-0.2, -0.15) is 0 Å². The molecule has 1 aromatic heterocycles. The number of nitrogens with zero attached hydrogens (tertiary/aromatic N) is 1. The zero-order valence-corrected chi connectivity index (χ0v) is 6.16. The largest absolute Gasteiger partial charge is 0.441 e. The standard InChI is InChI=1S/C8H6BNO/c1-5-10-7-3-2-6(9)4-8(7)11-5/h2-4H,1H3. The Kier molecular flexibility index (Phi) is 1.25. The maximum absolute atomic E-state index is 5.55. The Bertz CT molecular complexity index is 394.